The van der Waals surface area contributed by atoms with Crippen molar-refractivity contribution in [2.24, 2.45) is 0 Å². The normalized spacial score (nSPS) is 11.7. The van der Waals surface area contributed by atoms with Crippen LogP contribution in [0.3, 0.4) is 0 Å². The van der Waals surface area contributed by atoms with E-state index < -0.39 is 0 Å². The second kappa shape index (κ2) is 9.18. The van der Waals surface area contributed by atoms with Crippen molar-refractivity contribution in [3.63, 3.8) is 0 Å². The molecule has 0 spiro atoms. The number of carbonyl (C=O) groups is 1. The van der Waals surface area contributed by atoms with Crippen LogP contribution < -0.4 is 10.1 Å². The monoisotopic (exact) mass is 333 g/mol. The van der Waals surface area contributed by atoms with Crippen molar-refractivity contribution in [3.05, 3.63) is 65.2 Å². The molecule has 2 N–H and O–H groups in total. The minimum absolute atomic E-state index is 0.0654. The Morgan fingerprint density at radius 3 is 2.48 bits per heavy atom. The average molecular weight is 334 g/mol. The second-order valence-corrected chi connectivity index (χ2v) is 5.58. The number of ether oxygens (including phenoxy) is 1. The number of hydrogen-bond donors (Lipinski definition) is 2. The molecule has 5 heteroatoms. The van der Waals surface area contributed by atoms with Crippen LogP contribution in [0.5, 0.6) is 5.75 Å². The molecule has 2 rings (SSSR count). The predicted octanol–water partition coefficient (Wildman–Crippen LogP) is 3.35. The summed E-state index contributed by atoms with van der Waals surface area (Å²) < 4.78 is 5.44. The predicted molar refractivity (Wildman–Crippen MR) is 90.6 cm³/mol. The van der Waals surface area contributed by atoms with E-state index in [1.807, 2.05) is 30.3 Å². The summed E-state index contributed by atoms with van der Waals surface area (Å²) in [5, 5.41) is 12.6. The van der Waals surface area contributed by atoms with Gasteiger partial charge < -0.3 is 15.2 Å². The maximum atomic E-state index is 12.1. The summed E-state index contributed by atoms with van der Waals surface area (Å²) in [5.41, 5.74) is 1.01. The first kappa shape index (κ1) is 17.3. The lowest BCUT2D eigenvalue weighted by atomic mass is 10.0. The Bertz CT molecular complexity index is 601. The number of aliphatic hydroxyl groups excluding tert-OH is 1. The molecule has 0 aliphatic carbocycles. The van der Waals surface area contributed by atoms with Gasteiger partial charge in [0.15, 0.2) is 6.61 Å². The summed E-state index contributed by atoms with van der Waals surface area (Å²) in [4.78, 5) is 12.1. The van der Waals surface area contributed by atoms with Crippen molar-refractivity contribution >= 4 is 17.5 Å². The largest absolute Gasteiger partial charge is 0.484 e. The topological polar surface area (TPSA) is 58.6 Å². The van der Waals surface area contributed by atoms with Crippen LogP contribution in [0, 0.1) is 0 Å². The maximum absolute atomic E-state index is 12.1. The van der Waals surface area contributed by atoms with Crippen LogP contribution in [-0.2, 0) is 4.79 Å². The molecule has 0 heterocycles. The number of benzene rings is 2. The number of amides is 1. The number of nitrogens with one attached hydrogen (secondary N) is 1. The molecule has 23 heavy (non-hydrogen) atoms. The van der Waals surface area contributed by atoms with E-state index in [4.69, 9.17) is 21.4 Å². The summed E-state index contributed by atoms with van der Waals surface area (Å²) in [6.45, 7) is 0.0323. The Kier molecular flexibility index (Phi) is 6.91. The van der Waals surface area contributed by atoms with Gasteiger partial charge in [0.05, 0.1) is 6.04 Å². The van der Waals surface area contributed by atoms with E-state index in [1.54, 1.807) is 24.3 Å². The first-order valence-electron chi connectivity index (χ1n) is 7.52. The lowest BCUT2D eigenvalue weighted by Gasteiger charge is -2.19. The number of hydrogen-bond acceptors (Lipinski definition) is 3. The van der Waals surface area contributed by atoms with Crippen LogP contribution >= 0.6 is 11.6 Å². The van der Waals surface area contributed by atoms with Crippen molar-refractivity contribution in [1.82, 2.24) is 5.32 Å². The van der Waals surface area contributed by atoms with Gasteiger partial charge in [0.25, 0.3) is 5.91 Å². The van der Waals surface area contributed by atoms with E-state index in [-0.39, 0.29) is 25.2 Å². The smallest absolute Gasteiger partial charge is 0.258 e. The SMILES string of the molecule is O=C(COc1ccc(Cl)cc1)NC(CCCO)c1ccccc1. The molecule has 0 bridgehead atoms. The fraction of sp³-hybridized carbons (Fsp3) is 0.278. The molecule has 0 fully saturated rings. The van der Waals surface area contributed by atoms with Crippen molar-refractivity contribution in [3.8, 4) is 5.75 Å². The Morgan fingerprint density at radius 1 is 1.13 bits per heavy atom. The minimum Gasteiger partial charge on any atom is -0.484 e. The molecule has 0 radical (unpaired) electrons. The van der Waals surface area contributed by atoms with Gasteiger partial charge >= 0.3 is 0 Å². The maximum Gasteiger partial charge on any atom is 0.258 e. The summed E-state index contributed by atoms with van der Waals surface area (Å²) >= 11 is 5.80. The van der Waals surface area contributed by atoms with E-state index in [0.29, 0.717) is 23.6 Å². The zero-order valence-electron chi connectivity index (χ0n) is 12.7. The molecule has 2 aromatic carbocycles. The molecular weight excluding hydrogens is 314 g/mol. The first-order chi connectivity index (χ1) is 11.2. The highest BCUT2D eigenvalue weighted by Gasteiger charge is 2.14. The van der Waals surface area contributed by atoms with Crippen LogP contribution in [0.15, 0.2) is 54.6 Å². The zero-order valence-corrected chi connectivity index (χ0v) is 13.5. The Hall–Kier alpha value is -2.04. The number of rotatable bonds is 8. The third-order valence-electron chi connectivity index (χ3n) is 3.37. The number of carbonyl (C=O) groups excluding carboxylic acids is 1. The Labute approximate surface area is 141 Å². The van der Waals surface area contributed by atoms with Crippen LogP contribution in [0.1, 0.15) is 24.4 Å². The van der Waals surface area contributed by atoms with Crippen LogP contribution in [0.4, 0.5) is 0 Å². The molecule has 0 aromatic heterocycles. The summed E-state index contributed by atoms with van der Waals surface area (Å²) in [7, 11) is 0. The third kappa shape index (κ3) is 5.93. The van der Waals surface area contributed by atoms with Crippen LogP contribution in [0.25, 0.3) is 0 Å². The van der Waals surface area contributed by atoms with Gasteiger partial charge in [-0.3, -0.25) is 4.79 Å². The second-order valence-electron chi connectivity index (χ2n) is 5.14. The van der Waals surface area contributed by atoms with Gasteiger partial charge in [0.1, 0.15) is 5.75 Å². The molecule has 1 unspecified atom stereocenters. The number of halogens is 1. The van der Waals surface area contributed by atoms with Crippen LogP contribution in [-0.4, -0.2) is 24.2 Å². The van der Waals surface area contributed by atoms with Crippen LogP contribution in [0.2, 0.25) is 5.02 Å². The molecule has 4 nitrogen and oxygen atoms in total. The Balaban J connectivity index is 1.90. The van der Waals surface area contributed by atoms with Crippen molar-refractivity contribution < 1.29 is 14.6 Å². The van der Waals surface area contributed by atoms with E-state index in [1.165, 1.54) is 0 Å². The molecule has 0 saturated heterocycles. The summed E-state index contributed by atoms with van der Waals surface area (Å²) in [5.74, 6) is 0.392. The van der Waals surface area contributed by atoms with Gasteiger partial charge in [0, 0.05) is 11.6 Å². The molecular formula is C18H20ClNO3. The lowest BCUT2D eigenvalue weighted by Crippen LogP contribution is -2.32. The zero-order chi connectivity index (χ0) is 16.5. The van der Waals surface area contributed by atoms with E-state index in [2.05, 4.69) is 5.32 Å². The highest BCUT2D eigenvalue weighted by atomic mass is 35.5. The van der Waals surface area contributed by atoms with E-state index >= 15 is 0 Å². The fourth-order valence-corrected chi connectivity index (χ4v) is 2.34. The van der Waals surface area contributed by atoms with Gasteiger partial charge in [-0.05, 0) is 42.7 Å². The average Bonchev–Trinajstić information content (AvgIpc) is 2.59. The molecule has 0 aliphatic rings. The summed E-state index contributed by atoms with van der Waals surface area (Å²) in [6.07, 6.45) is 1.30. The molecule has 0 aliphatic heterocycles. The van der Waals surface area contributed by atoms with E-state index in [0.717, 1.165) is 5.56 Å². The van der Waals surface area contributed by atoms with Gasteiger partial charge in [-0.2, -0.15) is 0 Å². The Morgan fingerprint density at radius 2 is 1.83 bits per heavy atom. The fourth-order valence-electron chi connectivity index (χ4n) is 2.22. The first-order valence-corrected chi connectivity index (χ1v) is 7.90. The molecule has 0 saturated carbocycles. The number of aliphatic hydroxyl groups is 1. The van der Waals surface area contributed by atoms with E-state index in [9.17, 15) is 4.79 Å². The third-order valence-corrected chi connectivity index (χ3v) is 3.62. The molecule has 122 valence electrons. The molecule has 2 aromatic rings. The molecule has 1 atom stereocenters. The van der Waals surface area contributed by atoms with Crippen molar-refractivity contribution in [1.29, 1.82) is 0 Å². The standard InChI is InChI=1S/C18H20ClNO3/c19-15-8-10-16(11-9-15)23-13-18(22)20-17(7-4-12-21)14-5-2-1-3-6-14/h1-3,5-6,8-11,17,21H,4,7,12-13H2,(H,20,22). The van der Waals surface area contributed by atoms with Gasteiger partial charge in [-0.25, -0.2) is 0 Å². The quantitative estimate of drug-likeness (QED) is 0.779. The van der Waals surface area contributed by atoms with Crippen molar-refractivity contribution in [2.75, 3.05) is 13.2 Å². The summed E-state index contributed by atoms with van der Waals surface area (Å²) in [6, 6.07) is 16.4. The molecule has 1 amide bonds. The highest BCUT2D eigenvalue weighted by molar-refractivity contribution is 6.30. The van der Waals surface area contributed by atoms with Gasteiger partial charge in [0.2, 0.25) is 0 Å². The van der Waals surface area contributed by atoms with Gasteiger partial charge in [-0.1, -0.05) is 41.9 Å². The van der Waals surface area contributed by atoms with Crippen molar-refractivity contribution in [2.45, 2.75) is 18.9 Å². The van der Waals surface area contributed by atoms with Gasteiger partial charge in [-0.15, -0.1) is 0 Å². The lowest BCUT2D eigenvalue weighted by molar-refractivity contribution is -0.123. The highest BCUT2D eigenvalue weighted by Crippen LogP contribution is 2.18. The minimum atomic E-state index is -0.202.